The zero-order valence-electron chi connectivity index (χ0n) is 11.4. The molecule has 2 aromatic heterocycles. The molecule has 20 heavy (non-hydrogen) atoms. The second-order valence-corrected chi connectivity index (χ2v) is 6.06. The van der Waals surface area contributed by atoms with E-state index in [0.717, 1.165) is 5.39 Å². The maximum Gasteiger partial charge on any atom is 0.266 e. The molecule has 2 atom stereocenters. The van der Waals surface area contributed by atoms with Crippen molar-refractivity contribution in [2.45, 2.75) is 26.1 Å². The Morgan fingerprint density at radius 2 is 2.15 bits per heavy atom. The predicted octanol–water partition coefficient (Wildman–Crippen LogP) is 1.52. The van der Waals surface area contributed by atoms with E-state index in [0.29, 0.717) is 28.5 Å². The molecule has 7 heteroatoms. The second kappa shape index (κ2) is 4.99. The summed E-state index contributed by atoms with van der Waals surface area (Å²) in [6.45, 7) is 5.11. The predicted molar refractivity (Wildman–Crippen MR) is 77.7 cm³/mol. The number of fused-ring (bicyclic) bond motifs is 1. The minimum absolute atomic E-state index is 0.0399. The highest BCUT2D eigenvalue weighted by Crippen LogP contribution is 2.33. The number of thiophene rings is 1. The van der Waals surface area contributed by atoms with Crippen molar-refractivity contribution >= 4 is 33.1 Å². The van der Waals surface area contributed by atoms with E-state index in [2.05, 4.69) is 10.2 Å². The quantitative estimate of drug-likeness (QED) is 0.862. The van der Waals surface area contributed by atoms with Gasteiger partial charge in [0, 0.05) is 18.5 Å². The summed E-state index contributed by atoms with van der Waals surface area (Å²) in [7, 11) is 0. The average molecular weight is 292 g/mol. The third-order valence-electron chi connectivity index (χ3n) is 3.32. The van der Waals surface area contributed by atoms with Crippen LogP contribution in [-0.4, -0.2) is 46.3 Å². The van der Waals surface area contributed by atoms with Crippen LogP contribution in [0.25, 0.3) is 10.2 Å². The van der Waals surface area contributed by atoms with Gasteiger partial charge in [0.25, 0.3) is 5.91 Å². The summed E-state index contributed by atoms with van der Waals surface area (Å²) in [5, 5.41) is 8.63. The number of carbonyl (C=O) groups excluding carboxylic acids is 1. The van der Waals surface area contributed by atoms with Crippen LogP contribution in [-0.2, 0) is 4.74 Å². The van der Waals surface area contributed by atoms with E-state index in [1.54, 1.807) is 17.2 Å². The van der Waals surface area contributed by atoms with Crippen LogP contribution < -0.4 is 5.73 Å². The number of anilines is 1. The maximum absolute atomic E-state index is 12.6. The lowest BCUT2D eigenvalue weighted by Gasteiger charge is -2.35. The lowest BCUT2D eigenvalue weighted by Crippen LogP contribution is -2.48. The molecule has 2 N–H and O–H groups in total. The fourth-order valence-corrected chi connectivity index (χ4v) is 3.52. The van der Waals surface area contributed by atoms with E-state index in [-0.39, 0.29) is 18.1 Å². The number of nitrogens with zero attached hydrogens (tertiary/aromatic N) is 3. The normalized spacial score (nSPS) is 23.2. The van der Waals surface area contributed by atoms with Crippen LogP contribution in [0.2, 0.25) is 0 Å². The first-order chi connectivity index (χ1) is 9.56. The number of aromatic nitrogens is 2. The summed E-state index contributed by atoms with van der Waals surface area (Å²) >= 11 is 1.30. The minimum atomic E-state index is -0.0486. The number of ether oxygens (including phenoxy) is 1. The highest BCUT2D eigenvalue weighted by molar-refractivity contribution is 7.21. The molecule has 0 saturated carbocycles. The van der Waals surface area contributed by atoms with Crippen molar-refractivity contribution in [1.82, 2.24) is 15.1 Å². The molecule has 0 aliphatic carbocycles. The Bertz CT molecular complexity index is 647. The molecule has 0 unspecified atom stereocenters. The minimum Gasteiger partial charge on any atom is -0.397 e. The number of carbonyl (C=O) groups is 1. The summed E-state index contributed by atoms with van der Waals surface area (Å²) < 4.78 is 5.65. The summed E-state index contributed by atoms with van der Waals surface area (Å²) in [4.78, 5) is 15.7. The molecule has 0 radical (unpaired) electrons. The Morgan fingerprint density at radius 1 is 1.45 bits per heavy atom. The number of hydrogen-bond donors (Lipinski definition) is 1. The third kappa shape index (κ3) is 2.23. The van der Waals surface area contributed by atoms with Gasteiger partial charge in [0.05, 0.1) is 24.1 Å². The highest BCUT2D eigenvalue weighted by Gasteiger charge is 2.29. The zero-order chi connectivity index (χ0) is 14.3. The van der Waals surface area contributed by atoms with Crippen LogP contribution in [0.15, 0.2) is 12.3 Å². The molecule has 6 nitrogen and oxygen atoms in total. The zero-order valence-corrected chi connectivity index (χ0v) is 12.2. The van der Waals surface area contributed by atoms with Crippen molar-refractivity contribution in [3.8, 4) is 0 Å². The average Bonchev–Trinajstić information content (AvgIpc) is 2.75. The van der Waals surface area contributed by atoms with Crippen LogP contribution in [0.5, 0.6) is 0 Å². The van der Waals surface area contributed by atoms with Gasteiger partial charge in [-0.1, -0.05) is 0 Å². The molecule has 3 rings (SSSR count). The van der Waals surface area contributed by atoms with E-state index < -0.39 is 0 Å². The number of hydrogen-bond acceptors (Lipinski definition) is 6. The number of nitrogen functional groups attached to an aromatic ring is 1. The molecule has 1 amide bonds. The molecule has 0 spiro atoms. The fourth-order valence-electron chi connectivity index (χ4n) is 2.52. The van der Waals surface area contributed by atoms with Crippen molar-refractivity contribution in [2.75, 3.05) is 18.8 Å². The van der Waals surface area contributed by atoms with Crippen molar-refractivity contribution in [2.24, 2.45) is 0 Å². The standard InChI is InChI=1S/C13H16N4O2S/c1-7-5-17(6-8(2)19-7)13(18)11-10(14)9-3-4-15-16-12(9)20-11/h3-4,7-8H,5-6,14H2,1-2H3/t7-,8+. The van der Waals surface area contributed by atoms with Gasteiger partial charge in [-0.05, 0) is 19.9 Å². The van der Waals surface area contributed by atoms with Gasteiger partial charge in [-0.2, -0.15) is 5.10 Å². The first-order valence-electron chi connectivity index (χ1n) is 6.50. The van der Waals surface area contributed by atoms with Crippen LogP contribution in [0.4, 0.5) is 5.69 Å². The molecule has 0 aromatic carbocycles. The van der Waals surface area contributed by atoms with Crippen molar-refractivity contribution in [1.29, 1.82) is 0 Å². The van der Waals surface area contributed by atoms with Crippen molar-refractivity contribution in [3.63, 3.8) is 0 Å². The molecule has 2 aromatic rings. The number of morpholine rings is 1. The largest absolute Gasteiger partial charge is 0.397 e. The van der Waals surface area contributed by atoms with E-state index in [4.69, 9.17) is 10.5 Å². The SMILES string of the molecule is C[C@@H]1CN(C(=O)c2sc3nnccc3c2N)C[C@H](C)O1. The van der Waals surface area contributed by atoms with Gasteiger partial charge < -0.3 is 15.4 Å². The van der Waals surface area contributed by atoms with Gasteiger partial charge in [0.1, 0.15) is 9.71 Å². The summed E-state index contributed by atoms with van der Waals surface area (Å²) in [5.74, 6) is -0.0486. The molecule has 1 fully saturated rings. The highest BCUT2D eigenvalue weighted by atomic mass is 32.1. The van der Waals surface area contributed by atoms with Crippen molar-refractivity contribution < 1.29 is 9.53 Å². The molecule has 3 heterocycles. The Labute approximate surface area is 120 Å². The van der Waals surface area contributed by atoms with Crippen LogP contribution in [0.1, 0.15) is 23.5 Å². The summed E-state index contributed by atoms with van der Waals surface area (Å²) in [5.41, 5.74) is 6.58. The van der Waals surface area contributed by atoms with E-state index >= 15 is 0 Å². The molecule has 106 valence electrons. The van der Waals surface area contributed by atoms with Crippen LogP contribution in [0, 0.1) is 0 Å². The Hall–Kier alpha value is -1.73. The lowest BCUT2D eigenvalue weighted by molar-refractivity contribution is -0.0584. The lowest BCUT2D eigenvalue weighted by atomic mass is 10.2. The van der Waals surface area contributed by atoms with Crippen LogP contribution >= 0.6 is 11.3 Å². The number of amides is 1. The van der Waals surface area contributed by atoms with E-state index in [1.165, 1.54) is 11.3 Å². The van der Waals surface area contributed by atoms with Gasteiger partial charge in [-0.25, -0.2) is 0 Å². The molecular formula is C13H16N4O2S. The first kappa shape index (κ1) is 13.3. The van der Waals surface area contributed by atoms with E-state index in [1.807, 2.05) is 13.8 Å². The van der Waals surface area contributed by atoms with Gasteiger partial charge >= 0.3 is 0 Å². The Balaban J connectivity index is 1.94. The van der Waals surface area contributed by atoms with Gasteiger partial charge in [-0.15, -0.1) is 16.4 Å². The van der Waals surface area contributed by atoms with Crippen molar-refractivity contribution in [3.05, 3.63) is 17.1 Å². The number of nitrogens with two attached hydrogens (primary N) is 1. The molecule has 1 aliphatic heterocycles. The van der Waals surface area contributed by atoms with Crippen LogP contribution in [0.3, 0.4) is 0 Å². The third-order valence-corrected chi connectivity index (χ3v) is 4.42. The van der Waals surface area contributed by atoms with E-state index in [9.17, 15) is 4.79 Å². The molecular weight excluding hydrogens is 276 g/mol. The Morgan fingerprint density at radius 3 is 2.80 bits per heavy atom. The van der Waals surface area contributed by atoms with Gasteiger partial charge in [0.15, 0.2) is 0 Å². The molecule has 1 aliphatic rings. The summed E-state index contributed by atoms with van der Waals surface area (Å²) in [6, 6.07) is 1.79. The second-order valence-electron chi connectivity index (χ2n) is 5.06. The fraction of sp³-hybridized carbons (Fsp3) is 0.462. The monoisotopic (exact) mass is 292 g/mol. The first-order valence-corrected chi connectivity index (χ1v) is 7.32. The number of rotatable bonds is 1. The molecule has 1 saturated heterocycles. The maximum atomic E-state index is 12.6. The molecule has 0 bridgehead atoms. The Kier molecular flexibility index (Phi) is 3.31. The topological polar surface area (TPSA) is 81.3 Å². The van der Waals surface area contributed by atoms with Gasteiger partial charge in [-0.3, -0.25) is 4.79 Å². The smallest absolute Gasteiger partial charge is 0.266 e. The summed E-state index contributed by atoms with van der Waals surface area (Å²) in [6.07, 6.45) is 1.66. The van der Waals surface area contributed by atoms with Gasteiger partial charge in [0.2, 0.25) is 0 Å².